The van der Waals surface area contributed by atoms with Crippen molar-refractivity contribution in [2.24, 2.45) is 18.9 Å². The third kappa shape index (κ3) is 6.75. The molecule has 0 unspecified atom stereocenters. The summed E-state index contributed by atoms with van der Waals surface area (Å²) in [5.41, 5.74) is 1.73. The quantitative estimate of drug-likeness (QED) is 0.645. The van der Waals surface area contributed by atoms with Crippen LogP contribution in [0.3, 0.4) is 0 Å². The number of alkyl halides is 3. The van der Waals surface area contributed by atoms with Crippen molar-refractivity contribution in [3.8, 4) is 0 Å². The molecule has 0 bridgehead atoms. The van der Waals surface area contributed by atoms with Crippen LogP contribution in [0.15, 0.2) is 36.9 Å². The van der Waals surface area contributed by atoms with Gasteiger partial charge in [0.25, 0.3) is 5.91 Å². The maximum Gasteiger partial charge on any atom is 0.490 e. The number of carbonyl (C=O) groups is 2. The minimum absolute atomic E-state index is 0.0441. The molecule has 0 saturated carbocycles. The highest BCUT2D eigenvalue weighted by atomic mass is 19.4. The van der Waals surface area contributed by atoms with E-state index in [0.717, 1.165) is 25.1 Å². The zero-order valence-electron chi connectivity index (χ0n) is 17.9. The van der Waals surface area contributed by atoms with Crippen LogP contribution >= 0.6 is 0 Å². The predicted octanol–water partition coefficient (Wildman–Crippen LogP) is 2.14. The number of amides is 1. The number of halogens is 3. The molecule has 33 heavy (non-hydrogen) atoms. The summed E-state index contributed by atoms with van der Waals surface area (Å²) in [5.74, 6) is -1.87. The van der Waals surface area contributed by atoms with E-state index in [0.29, 0.717) is 37.2 Å². The third-order valence-corrected chi connectivity index (χ3v) is 5.54. The van der Waals surface area contributed by atoms with Crippen molar-refractivity contribution in [1.29, 1.82) is 0 Å². The van der Waals surface area contributed by atoms with E-state index in [4.69, 9.17) is 19.4 Å². The SMILES string of the molecule is Cn1cc(C(=O)N2C[C@H]3[C@@H](CCOCc4cccnc4)CO[C@H]3C2)cn1.O=C(O)C(F)(F)F. The summed E-state index contributed by atoms with van der Waals surface area (Å²) in [4.78, 5) is 27.5. The summed E-state index contributed by atoms with van der Waals surface area (Å²) >= 11 is 0. The molecule has 2 aliphatic heterocycles. The number of likely N-dealkylation sites (tertiary alicyclic amines) is 1. The van der Waals surface area contributed by atoms with Crippen molar-refractivity contribution in [1.82, 2.24) is 19.7 Å². The molecule has 2 aliphatic rings. The molecule has 0 spiro atoms. The monoisotopic (exact) mass is 470 g/mol. The lowest BCUT2D eigenvalue weighted by molar-refractivity contribution is -0.192. The number of carboxylic acid groups (broad SMARTS) is 1. The second-order valence-electron chi connectivity index (χ2n) is 7.91. The van der Waals surface area contributed by atoms with Gasteiger partial charge in [0.15, 0.2) is 0 Å². The summed E-state index contributed by atoms with van der Waals surface area (Å²) in [5, 5.41) is 11.2. The molecule has 12 heteroatoms. The minimum atomic E-state index is -5.08. The van der Waals surface area contributed by atoms with Gasteiger partial charge in [0, 0.05) is 51.3 Å². The lowest BCUT2D eigenvalue weighted by Crippen LogP contribution is -2.31. The number of aryl methyl sites for hydroxylation is 1. The lowest BCUT2D eigenvalue weighted by atomic mass is 9.91. The van der Waals surface area contributed by atoms with Gasteiger partial charge >= 0.3 is 12.1 Å². The Balaban J connectivity index is 0.000000383. The smallest absolute Gasteiger partial charge is 0.475 e. The van der Waals surface area contributed by atoms with Gasteiger partial charge in [0.1, 0.15) is 0 Å². The number of aliphatic carboxylic acids is 1. The van der Waals surface area contributed by atoms with E-state index in [-0.39, 0.29) is 12.0 Å². The van der Waals surface area contributed by atoms with Crippen LogP contribution < -0.4 is 0 Å². The Hall–Kier alpha value is -2.99. The summed E-state index contributed by atoms with van der Waals surface area (Å²) in [6.07, 6.45) is 3.00. The average molecular weight is 470 g/mol. The minimum Gasteiger partial charge on any atom is -0.475 e. The normalized spacial score (nSPS) is 21.9. The molecule has 1 amide bonds. The molecule has 4 heterocycles. The number of nitrogens with zero attached hydrogens (tertiary/aromatic N) is 4. The van der Waals surface area contributed by atoms with E-state index in [2.05, 4.69) is 10.1 Å². The maximum atomic E-state index is 12.6. The molecular weight excluding hydrogens is 445 g/mol. The molecule has 1 N–H and O–H groups in total. The van der Waals surface area contributed by atoms with Gasteiger partial charge in [-0.15, -0.1) is 0 Å². The molecular formula is C21H25F3N4O5. The summed E-state index contributed by atoms with van der Waals surface area (Å²) in [6, 6.07) is 3.93. The van der Waals surface area contributed by atoms with Crippen molar-refractivity contribution in [2.75, 3.05) is 26.3 Å². The van der Waals surface area contributed by atoms with E-state index in [1.807, 2.05) is 30.3 Å². The van der Waals surface area contributed by atoms with Crippen molar-refractivity contribution in [3.05, 3.63) is 48.0 Å². The molecule has 0 aliphatic carbocycles. The number of pyridine rings is 1. The predicted molar refractivity (Wildman–Crippen MR) is 108 cm³/mol. The Kier molecular flexibility index (Phi) is 8.03. The average Bonchev–Trinajstić information content (AvgIpc) is 3.48. The van der Waals surface area contributed by atoms with Crippen LogP contribution in [-0.4, -0.2) is 75.2 Å². The molecule has 2 saturated heterocycles. The van der Waals surface area contributed by atoms with Crippen LogP contribution in [0.5, 0.6) is 0 Å². The van der Waals surface area contributed by atoms with Gasteiger partial charge in [0.2, 0.25) is 0 Å². The first kappa shape index (κ1) is 24.6. The van der Waals surface area contributed by atoms with Gasteiger partial charge in [0.05, 0.1) is 31.1 Å². The van der Waals surface area contributed by atoms with E-state index < -0.39 is 12.1 Å². The second kappa shape index (κ2) is 10.8. The zero-order chi connectivity index (χ0) is 24.0. The summed E-state index contributed by atoms with van der Waals surface area (Å²) in [6.45, 7) is 3.47. The largest absolute Gasteiger partial charge is 0.490 e. The van der Waals surface area contributed by atoms with Crippen molar-refractivity contribution in [3.63, 3.8) is 0 Å². The number of aromatic nitrogens is 3. The van der Waals surface area contributed by atoms with Crippen LogP contribution in [0.2, 0.25) is 0 Å². The van der Waals surface area contributed by atoms with Crippen LogP contribution in [0.4, 0.5) is 13.2 Å². The molecule has 2 aromatic rings. The molecule has 0 aromatic carbocycles. The van der Waals surface area contributed by atoms with Gasteiger partial charge in [-0.25, -0.2) is 4.79 Å². The van der Waals surface area contributed by atoms with Crippen LogP contribution in [0, 0.1) is 11.8 Å². The fourth-order valence-corrected chi connectivity index (χ4v) is 3.88. The molecule has 2 fully saturated rings. The van der Waals surface area contributed by atoms with Gasteiger partial charge in [-0.1, -0.05) is 6.07 Å². The number of ether oxygens (including phenoxy) is 2. The van der Waals surface area contributed by atoms with Crippen LogP contribution in [-0.2, 0) is 27.9 Å². The van der Waals surface area contributed by atoms with Gasteiger partial charge < -0.3 is 19.5 Å². The first-order valence-electron chi connectivity index (χ1n) is 10.3. The highest BCUT2D eigenvalue weighted by Crippen LogP contribution is 2.36. The van der Waals surface area contributed by atoms with Crippen molar-refractivity contribution >= 4 is 11.9 Å². The van der Waals surface area contributed by atoms with E-state index in [1.165, 1.54) is 0 Å². The Bertz CT molecular complexity index is 937. The Morgan fingerprint density at radius 2 is 2.06 bits per heavy atom. The first-order chi connectivity index (χ1) is 15.6. The van der Waals surface area contributed by atoms with Gasteiger partial charge in [-0.3, -0.25) is 14.5 Å². The number of carboxylic acids is 1. The lowest BCUT2D eigenvalue weighted by Gasteiger charge is -2.19. The Morgan fingerprint density at radius 3 is 2.67 bits per heavy atom. The zero-order valence-corrected chi connectivity index (χ0v) is 17.9. The van der Waals surface area contributed by atoms with E-state index in [9.17, 15) is 18.0 Å². The number of hydrogen-bond acceptors (Lipinski definition) is 6. The summed E-state index contributed by atoms with van der Waals surface area (Å²) in [7, 11) is 1.82. The standard InChI is InChI=1S/C19H24N4O3.C2HF3O2/c1-22-9-16(8-21-22)19(24)23-10-17-15(13-26-18(17)11-23)4-6-25-12-14-3-2-5-20-7-14;3-2(4,5)1(6)7/h2-3,5,7-9,15,17-18H,4,6,10-13H2,1H3;(H,6,7)/t15-,17-,18-;/m0./s1. The number of rotatable bonds is 6. The van der Waals surface area contributed by atoms with Gasteiger partial charge in [-0.2, -0.15) is 18.3 Å². The fraction of sp³-hybridized carbons (Fsp3) is 0.524. The number of fused-ring (bicyclic) bond motifs is 1. The molecule has 2 aromatic heterocycles. The Labute approximate surface area is 188 Å². The van der Waals surface area contributed by atoms with Crippen molar-refractivity contribution in [2.45, 2.75) is 25.3 Å². The van der Waals surface area contributed by atoms with Crippen LogP contribution in [0.1, 0.15) is 22.3 Å². The fourth-order valence-electron chi connectivity index (χ4n) is 3.88. The third-order valence-electron chi connectivity index (χ3n) is 5.54. The maximum absolute atomic E-state index is 12.6. The molecule has 180 valence electrons. The van der Waals surface area contributed by atoms with Crippen molar-refractivity contribution < 1.29 is 37.3 Å². The molecule has 0 radical (unpaired) electrons. The molecule has 4 rings (SSSR count). The second-order valence-corrected chi connectivity index (χ2v) is 7.91. The van der Waals surface area contributed by atoms with E-state index in [1.54, 1.807) is 23.3 Å². The van der Waals surface area contributed by atoms with Crippen LogP contribution in [0.25, 0.3) is 0 Å². The van der Waals surface area contributed by atoms with Gasteiger partial charge in [-0.05, 0) is 24.0 Å². The molecule has 3 atom stereocenters. The molecule has 9 nitrogen and oxygen atoms in total. The highest BCUT2D eigenvalue weighted by molar-refractivity contribution is 5.94. The van der Waals surface area contributed by atoms with E-state index >= 15 is 0 Å². The summed E-state index contributed by atoms with van der Waals surface area (Å²) < 4.78 is 45.1. The topological polar surface area (TPSA) is 107 Å². The highest BCUT2D eigenvalue weighted by Gasteiger charge is 2.45. The Morgan fingerprint density at radius 1 is 1.30 bits per heavy atom. The number of hydrogen-bond donors (Lipinski definition) is 1. The number of carbonyl (C=O) groups excluding carboxylic acids is 1. The first-order valence-corrected chi connectivity index (χ1v) is 10.3.